The number of aromatic nitrogens is 2. The van der Waals surface area contributed by atoms with Gasteiger partial charge in [-0.3, -0.25) is 0 Å². The van der Waals surface area contributed by atoms with Crippen LogP contribution in [0.3, 0.4) is 0 Å². The van der Waals surface area contributed by atoms with Gasteiger partial charge in [-0.2, -0.15) is 11.8 Å². The van der Waals surface area contributed by atoms with Crippen LogP contribution in [0, 0.1) is 0 Å². The van der Waals surface area contributed by atoms with Gasteiger partial charge in [-0.1, -0.05) is 0 Å². The molecule has 0 bridgehead atoms. The van der Waals surface area contributed by atoms with Crippen LogP contribution >= 0.6 is 11.8 Å². The summed E-state index contributed by atoms with van der Waals surface area (Å²) in [6.45, 7) is 0. The van der Waals surface area contributed by atoms with Gasteiger partial charge in [0.1, 0.15) is 0 Å². The lowest BCUT2D eigenvalue weighted by Crippen LogP contribution is -1.95. The lowest BCUT2D eigenvalue weighted by atomic mass is 10.7. The van der Waals surface area contributed by atoms with E-state index in [0.717, 1.165) is 0 Å². The molecule has 0 aliphatic carbocycles. The molecular weight excluding hydrogens is 168 g/mol. The van der Waals surface area contributed by atoms with Crippen molar-refractivity contribution in [2.24, 2.45) is 0 Å². The fraction of sp³-hybridized carbons (Fsp3) is 0.400. The fourth-order valence-electron chi connectivity index (χ4n) is 0.522. The van der Waals surface area contributed by atoms with Gasteiger partial charge in [0.2, 0.25) is 5.89 Å². The highest BCUT2D eigenvalue weighted by atomic mass is 32.2. The predicted octanol–water partition coefficient (Wildman–Crippen LogP) is 0.631. The molecule has 6 heteroatoms. The minimum absolute atomic E-state index is 0.343. The van der Waals surface area contributed by atoms with Gasteiger partial charge in [-0.25, -0.2) is 4.79 Å². The van der Waals surface area contributed by atoms with Gasteiger partial charge in [0.05, 0.1) is 5.75 Å². The highest BCUT2D eigenvalue weighted by Gasteiger charge is 2.11. The van der Waals surface area contributed by atoms with E-state index in [1.54, 1.807) is 0 Å². The van der Waals surface area contributed by atoms with Crippen molar-refractivity contribution in [3.8, 4) is 0 Å². The van der Waals surface area contributed by atoms with E-state index in [0.29, 0.717) is 11.6 Å². The average Bonchev–Trinajstić information content (AvgIpc) is 2.37. The summed E-state index contributed by atoms with van der Waals surface area (Å²) in [6, 6.07) is 0. The second kappa shape index (κ2) is 3.38. The van der Waals surface area contributed by atoms with Crippen LogP contribution in [-0.4, -0.2) is 27.5 Å². The highest BCUT2D eigenvalue weighted by molar-refractivity contribution is 7.97. The minimum Gasteiger partial charge on any atom is -0.474 e. The molecule has 0 spiro atoms. The smallest absolute Gasteiger partial charge is 0.393 e. The molecule has 0 saturated carbocycles. The van der Waals surface area contributed by atoms with Gasteiger partial charge in [0.25, 0.3) is 0 Å². The summed E-state index contributed by atoms with van der Waals surface area (Å²) in [4.78, 5) is 10.2. The van der Waals surface area contributed by atoms with Crippen LogP contribution in [0.25, 0.3) is 0 Å². The number of carbonyl (C=O) groups is 1. The van der Waals surface area contributed by atoms with Crippen LogP contribution in [0.2, 0.25) is 0 Å². The van der Waals surface area contributed by atoms with Crippen LogP contribution in [0.15, 0.2) is 4.42 Å². The molecule has 0 amide bonds. The van der Waals surface area contributed by atoms with Crippen molar-refractivity contribution in [3.05, 3.63) is 11.8 Å². The van der Waals surface area contributed by atoms with E-state index in [-0.39, 0.29) is 5.89 Å². The topological polar surface area (TPSA) is 76.2 Å². The quantitative estimate of drug-likeness (QED) is 0.724. The Hall–Kier alpha value is -1.04. The second-order valence-electron chi connectivity index (χ2n) is 1.74. The van der Waals surface area contributed by atoms with Crippen molar-refractivity contribution < 1.29 is 14.3 Å². The van der Waals surface area contributed by atoms with Crippen molar-refractivity contribution in [1.82, 2.24) is 10.2 Å². The Labute approximate surface area is 66.8 Å². The van der Waals surface area contributed by atoms with E-state index in [1.165, 1.54) is 11.8 Å². The maximum Gasteiger partial charge on any atom is 0.393 e. The number of rotatable bonds is 3. The normalized spacial score (nSPS) is 9.91. The zero-order valence-electron chi connectivity index (χ0n) is 5.77. The fourth-order valence-corrected chi connectivity index (χ4v) is 0.885. The Morgan fingerprint density at radius 3 is 2.91 bits per heavy atom. The third kappa shape index (κ3) is 1.94. The molecule has 1 heterocycles. The molecule has 1 aromatic rings. The van der Waals surface area contributed by atoms with Gasteiger partial charge in [-0.15, -0.1) is 10.2 Å². The van der Waals surface area contributed by atoms with E-state index >= 15 is 0 Å². The summed E-state index contributed by atoms with van der Waals surface area (Å²) >= 11 is 1.49. The maximum absolute atomic E-state index is 10.2. The van der Waals surface area contributed by atoms with Crippen LogP contribution < -0.4 is 0 Å². The van der Waals surface area contributed by atoms with Crippen molar-refractivity contribution >= 4 is 17.7 Å². The molecule has 5 nitrogen and oxygen atoms in total. The predicted molar refractivity (Wildman–Crippen MR) is 38.5 cm³/mol. The maximum atomic E-state index is 10.2. The standard InChI is InChI=1S/C5H6N2O3S/c1-11-2-3-6-7-4(10-3)5(8)9/h2H2,1H3,(H,8,9). The van der Waals surface area contributed by atoms with Crippen LogP contribution in [0.1, 0.15) is 16.6 Å². The SMILES string of the molecule is CSCc1nnc(C(=O)O)o1. The summed E-state index contributed by atoms with van der Waals surface area (Å²) in [7, 11) is 0. The molecule has 0 radical (unpaired) electrons. The molecular formula is C5H6N2O3S. The summed E-state index contributed by atoms with van der Waals surface area (Å²) in [5.74, 6) is -0.658. The van der Waals surface area contributed by atoms with Crippen molar-refractivity contribution in [1.29, 1.82) is 0 Å². The van der Waals surface area contributed by atoms with Crippen molar-refractivity contribution in [2.75, 3.05) is 6.26 Å². The average molecular weight is 174 g/mol. The van der Waals surface area contributed by atoms with E-state index in [4.69, 9.17) is 9.52 Å². The Balaban J connectivity index is 2.73. The largest absolute Gasteiger partial charge is 0.474 e. The Morgan fingerprint density at radius 2 is 2.45 bits per heavy atom. The van der Waals surface area contributed by atoms with Gasteiger partial charge < -0.3 is 9.52 Å². The van der Waals surface area contributed by atoms with Gasteiger partial charge >= 0.3 is 11.9 Å². The van der Waals surface area contributed by atoms with Gasteiger partial charge in [0.15, 0.2) is 0 Å². The molecule has 0 saturated heterocycles. The third-order valence-electron chi connectivity index (χ3n) is 0.918. The van der Waals surface area contributed by atoms with Crippen LogP contribution in [0.5, 0.6) is 0 Å². The molecule has 1 rings (SSSR count). The molecule has 60 valence electrons. The summed E-state index contributed by atoms with van der Waals surface area (Å²) in [5.41, 5.74) is 0. The number of carboxylic acid groups (broad SMARTS) is 1. The number of carboxylic acids is 1. The van der Waals surface area contributed by atoms with Gasteiger partial charge in [0, 0.05) is 0 Å². The monoisotopic (exact) mass is 174 g/mol. The van der Waals surface area contributed by atoms with E-state index in [9.17, 15) is 4.79 Å². The molecule has 0 unspecified atom stereocenters. The molecule has 0 aromatic carbocycles. The van der Waals surface area contributed by atoms with Crippen LogP contribution in [0.4, 0.5) is 0 Å². The highest BCUT2D eigenvalue weighted by Crippen LogP contribution is 2.06. The van der Waals surface area contributed by atoms with Crippen molar-refractivity contribution in [3.63, 3.8) is 0 Å². The number of hydrogen-bond donors (Lipinski definition) is 1. The second-order valence-corrected chi connectivity index (χ2v) is 2.61. The zero-order chi connectivity index (χ0) is 8.27. The first-order valence-corrected chi connectivity index (χ1v) is 4.18. The third-order valence-corrected chi connectivity index (χ3v) is 1.45. The van der Waals surface area contributed by atoms with Crippen LogP contribution in [-0.2, 0) is 5.75 Å². The lowest BCUT2D eigenvalue weighted by molar-refractivity contribution is 0.0652. The number of aromatic carboxylic acids is 1. The van der Waals surface area contributed by atoms with Crippen molar-refractivity contribution in [2.45, 2.75) is 5.75 Å². The summed E-state index contributed by atoms with van der Waals surface area (Å²) < 4.78 is 4.74. The first-order chi connectivity index (χ1) is 5.24. The summed E-state index contributed by atoms with van der Waals surface area (Å²) in [6.07, 6.45) is 1.87. The zero-order valence-corrected chi connectivity index (χ0v) is 6.59. The first kappa shape index (κ1) is 8.06. The Kier molecular flexibility index (Phi) is 2.48. The summed E-state index contributed by atoms with van der Waals surface area (Å²) in [5, 5.41) is 15.2. The lowest BCUT2D eigenvalue weighted by Gasteiger charge is -1.84. The molecule has 1 aromatic heterocycles. The first-order valence-electron chi connectivity index (χ1n) is 2.78. The molecule has 0 aliphatic rings. The Morgan fingerprint density at radius 1 is 1.73 bits per heavy atom. The number of hydrogen-bond acceptors (Lipinski definition) is 5. The molecule has 11 heavy (non-hydrogen) atoms. The van der Waals surface area contributed by atoms with Gasteiger partial charge in [-0.05, 0) is 6.26 Å². The molecule has 1 N–H and O–H groups in total. The number of nitrogens with zero attached hydrogens (tertiary/aromatic N) is 2. The van der Waals surface area contributed by atoms with E-state index < -0.39 is 5.97 Å². The molecule has 0 fully saturated rings. The molecule has 0 aliphatic heterocycles. The molecule has 0 atom stereocenters. The Bertz CT molecular complexity index is 260. The minimum atomic E-state index is -1.19. The van der Waals surface area contributed by atoms with E-state index in [2.05, 4.69) is 10.2 Å². The van der Waals surface area contributed by atoms with E-state index in [1.807, 2.05) is 6.26 Å². The number of thioether (sulfide) groups is 1.